The summed E-state index contributed by atoms with van der Waals surface area (Å²) in [4.78, 5) is 2.55. The molecule has 0 bridgehead atoms. The van der Waals surface area contributed by atoms with Crippen LogP contribution in [0.5, 0.6) is 0 Å². The third-order valence-corrected chi connectivity index (χ3v) is 3.41. The molecule has 0 aromatic carbocycles. The molecule has 16 heavy (non-hydrogen) atoms. The van der Waals surface area contributed by atoms with Crippen LogP contribution in [-0.2, 0) is 0 Å². The summed E-state index contributed by atoms with van der Waals surface area (Å²) >= 11 is 0. The van der Waals surface area contributed by atoms with E-state index in [-0.39, 0.29) is 0 Å². The van der Waals surface area contributed by atoms with Crippen LogP contribution in [0.1, 0.15) is 40.5 Å². The molecule has 0 saturated carbocycles. The highest BCUT2D eigenvalue weighted by atomic mass is 15.2. The molecule has 0 aromatic heterocycles. The van der Waals surface area contributed by atoms with Crippen LogP contribution < -0.4 is 5.32 Å². The van der Waals surface area contributed by atoms with Gasteiger partial charge in [-0.1, -0.05) is 33.1 Å². The zero-order valence-electron chi connectivity index (χ0n) is 11.2. The van der Waals surface area contributed by atoms with Gasteiger partial charge in [-0.15, -0.1) is 5.92 Å². The topological polar surface area (TPSA) is 15.3 Å². The van der Waals surface area contributed by atoms with Crippen LogP contribution in [0.3, 0.4) is 0 Å². The summed E-state index contributed by atoms with van der Waals surface area (Å²) < 4.78 is 0. The predicted molar refractivity (Wildman–Crippen MR) is 70.3 cm³/mol. The second-order valence-electron chi connectivity index (χ2n) is 5.06. The smallest absolute Gasteiger partial charge is 0.0604 e. The Labute approximate surface area is 101 Å². The van der Waals surface area contributed by atoms with Gasteiger partial charge in [0.05, 0.1) is 6.54 Å². The van der Waals surface area contributed by atoms with Crippen molar-refractivity contribution in [1.82, 2.24) is 10.2 Å². The van der Waals surface area contributed by atoms with Crippen molar-refractivity contribution in [3.8, 4) is 11.8 Å². The molecule has 0 aromatic rings. The fraction of sp³-hybridized carbons (Fsp3) is 0.857. The van der Waals surface area contributed by atoms with E-state index in [2.05, 4.69) is 42.8 Å². The average molecular weight is 222 g/mol. The monoisotopic (exact) mass is 222 g/mol. The normalized spacial score (nSPS) is 26.6. The fourth-order valence-electron chi connectivity index (χ4n) is 2.46. The molecular formula is C14H26N2. The van der Waals surface area contributed by atoms with Gasteiger partial charge >= 0.3 is 0 Å². The number of rotatable bonds is 4. The first kappa shape index (κ1) is 13.5. The fourth-order valence-corrected chi connectivity index (χ4v) is 2.46. The van der Waals surface area contributed by atoms with Crippen molar-refractivity contribution in [2.75, 3.05) is 19.6 Å². The Kier molecular flexibility index (Phi) is 5.87. The second kappa shape index (κ2) is 6.93. The number of nitrogens with one attached hydrogen (secondary N) is 1. The van der Waals surface area contributed by atoms with Crippen molar-refractivity contribution >= 4 is 0 Å². The lowest BCUT2D eigenvalue weighted by Crippen LogP contribution is -2.58. The number of piperazine rings is 1. The maximum Gasteiger partial charge on any atom is 0.0604 e. The van der Waals surface area contributed by atoms with Crippen molar-refractivity contribution in [1.29, 1.82) is 0 Å². The molecule has 1 aliphatic heterocycles. The van der Waals surface area contributed by atoms with Crippen LogP contribution in [0.25, 0.3) is 0 Å². The Balaban J connectivity index is 2.56. The van der Waals surface area contributed by atoms with Gasteiger partial charge < -0.3 is 5.32 Å². The van der Waals surface area contributed by atoms with E-state index in [1.165, 1.54) is 12.8 Å². The van der Waals surface area contributed by atoms with Gasteiger partial charge in [0.1, 0.15) is 0 Å². The average Bonchev–Trinajstić information content (AvgIpc) is 2.26. The van der Waals surface area contributed by atoms with Gasteiger partial charge in [0.25, 0.3) is 0 Å². The summed E-state index contributed by atoms with van der Waals surface area (Å²) in [5, 5.41) is 3.67. The quantitative estimate of drug-likeness (QED) is 0.733. The molecule has 2 heteroatoms. The lowest BCUT2D eigenvalue weighted by atomic mass is 9.97. The minimum absolute atomic E-state index is 0.647. The Bertz CT molecular complexity index is 249. The molecule has 1 heterocycles. The summed E-state index contributed by atoms with van der Waals surface area (Å²) in [5.74, 6) is 6.93. The summed E-state index contributed by atoms with van der Waals surface area (Å²) in [6.07, 6.45) is 2.54. The first-order chi connectivity index (χ1) is 7.69. The molecule has 92 valence electrons. The molecular weight excluding hydrogens is 196 g/mol. The number of hydrogen-bond donors (Lipinski definition) is 1. The van der Waals surface area contributed by atoms with Gasteiger partial charge in [-0.25, -0.2) is 0 Å². The minimum Gasteiger partial charge on any atom is -0.311 e. The predicted octanol–water partition coefficient (Wildman–Crippen LogP) is 2.11. The van der Waals surface area contributed by atoms with Crippen molar-refractivity contribution < 1.29 is 0 Å². The third-order valence-electron chi connectivity index (χ3n) is 3.41. The van der Waals surface area contributed by atoms with Gasteiger partial charge in [-0.2, -0.15) is 0 Å². The number of nitrogens with zero attached hydrogens (tertiary/aromatic N) is 1. The van der Waals surface area contributed by atoms with Crippen LogP contribution in [0.2, 0.25) is 0 Å². The van der Waals surface area contributed by atoms with E-state index in [9.17, 15) is 0 Å². The summed E-state index contributed by atoms with van der Waals surface area (Å²) in [5.41, 5.74) is 0. The molecule has 1 N–H and O–H groups in total. The lowest BCUT2D eigenvalue weighted by Gasteiger charge is -2.41. The van der Waals surface area contributed by atoms with E-state index >= 15 is 0 Å². The molecule has 0 amide bonds. The van der Waals surface area contributed by atoms with E-state index in [1.54, 1.807) is 0 Å². The molecule has 1 aliphatic rings. The van der Waals surface area contributed by atoms with E-state index in [4.69, 9.17) is 0 Å². The Morgan fingerprint density at radius 1 is 1.44 bits per heavy atom. The standard InChI is InChI=1S/C14H26N2/c1-5-7-9-16-11-13(8-6-2)15-10-14(16)12(3)4/h12-15H,6,8-11H2,1-4H3. The highest BCUT2D eigenvalue weighted by molar-refractivity contribution is 5.01. The van der Waals surface area contributed by atoms with Crippen LogP contribution >= 0.6 is 0 Å². The summed E-state index contributed by atoms with van der Waals surface area (Å²) in [6.45, 7) is 12.0. The van der Waals surface area contributed by atoms with Gasteiger partial charge in [-0.05, 0) is 19.3 Å². The molecule has 0 spiro atoms. The molecule has 2 nitrogen and oxygen atoms in total. The van der Waals surface area contributed by atoms with Crippen LogP contribution in [0, 0.1) is 17.8 Å². The summed E-state index contributed by atoms with van der Waals surface area (Å²) in [7, 11) is 0. The largest absolute Gasteiger partial charge is 0.311 e. The zero-order valence-corrected chi connectivity index (χ0v) is 11.2. The molecule has 0 aliphatic carbocycles. The SMILES string of the molecule is CC#CCN1CC(CCC)NCC1C(C)C. The van der Waals surface area contributed by atoms with Gasteiger partial charge in [0.2, 0.25) is 0 Å². The van der Waals surface area contributed by atoms with Crippen molar-refractivity contribution in [3.05, 3.63) is 0 Å². The first-order valence-electron chi connectivity index (χ1n) is 6.56. The zero-order chi connectivity index (χ0) is 12.0. The first-order valence-corrected chi connectivity index (χ1v) is 6.56. The number of hydrogen-bond acceptors (Lipinski definition) is 2. The van der Waals surface area contributed by atoms with E-state index in [0.29, 0.717) is 18.0 Å². The molecule has 1 fully saturated rings. The van der Waals surface area contributed by atoms with E-state index in [1.807, 2.05) is 6.92 Å². The lowest BCUT2D eigenvalue weighted by molar-refractivity contribution is 0.110. The Morgan fingerprint density at radius 3 is 2.75 bits per heavy atom. The van der Waals surface area contributed by atoms with Gasteiger partial charge in [0.15, 0.2) is 0 Å². The van der Waals surface area contributed by atoms with Crippen LogP contribution in [-0.4, -0.2) is 36.6 Å². The van der Waals surface area contributed by atoms with E-state index in [0.717, 1.165) is 19.6 Å². The third kappa shape index (κ3) is 3.81. The Morgan fingerprint density at radius 2 is 2.19 bits per heavy atom. The molecule has 1 saturated heterocycles. The minimum atomic E-state index is 0.647. The maximum atomic E-state index is 3.67. The molecule has 2 unspecified atom stereocenters. The molecule has 0 radical (unpaired) electrons. The molecule has 1 rings (SSSR count). The van der Waals surface area contributed by atoms with E-state index < -0.39 is 0 Å². The highest BCUT2D eigenvalue weighted by Crippen LogP contribution is 2.16. The van der Waals surface area contributed by atoms with Crippen LogP contribution in [0.15, 0.2) is 0 Å². The van der Waals surface area contributed by atoms with Crippen molar-refractivity contribution in [2.45, 2.75) is 52.6 Å². The highest BCUT2D eigenvalue weighted by Gasteiger charge is 2.28. The summed E-state index contributed by atoms with van der Waals surface area (Å²) in [6, 6.07) is 1.31. The van der Waals surface area contributed by atoms with Gasteiger partial charge in [0, 0.05) is 25.2 Å². The Hall–Kier alpha value is -0.520. The van der Waals surface area contributed by atoms with Crippen molar-refractivity contribution in [2.24, 2.45) is 5.92 Å². The molecule has 2 atom stereocenters. The van der Waals surface area contributed by atoms with Gasteiger partial charge in [-0.3, -0.25) is 4.90 Å². The maximum absolute atomic E-state index is 3.67. The van der Waals surface area contributed by atoms with Crippen LogP contribution in [0.4, 0.5) is 0 Å². The van der Waals surface area contributed by atoms with Crippen molar-refractivity contribution in [3.63, 3.8) is 0 Å². The second-order valence-corrected chi connectivity index (χ2v) is 5.06.